The predicted molar refractivity (Wildman–Crippen MR) is 65.4 cm³/mol. The summed E-state index contributed by atoms with van der Waals surface area (Å²) in [6, 6.07) is 0. The molecule has 1 saturated heterocycles. The lowest BCUT2D eigenvalue weighted by Gasteiger charge is -2.32. The first-order valence-corrected chi connectivity index (χ1v) is 5.50. The highest BCUT2D eigenvalue weighted by atomic mass is 35.5. The fourth-order valence-corrected chi connectivity index (χ4v) is 1.64. The van der Waals surface area contributed by atoms with Gasteiger partial charge in [0.15, 0.2) is 0 Å². The smallest absolute Gasteiger partial charge is 0.410 e. The van der Waals surface area contributed by atoms with E-state index in [1.807, 2.05) is 20.8 Å². The van der Waals surface area contributed by atoms with Crippen molar-refractivity contribution in [1.82, 2.24) is 4.90 Å². The molecular formula is C11H20ClNO4. The van der Waals surface area contributed by atoms with E-state index in [9.17, 15) is 9.59 Å². The number of ether oxygens (including phenoxy) is 1. The molecule has 1 fully saturated rings. The van der Waals surface area contributed by atoms with Crippen molar-refractivity contribution in [1.29, 1.82) is 0 Å². The molecule has 1 N–H and O–H groups in total. The van der Waals surface area contributed by atoms with Crippen LogP contribution >= 0.6 is 12.4 Å². The lowest BCUT2D eigenvalue weighted by molar-refractivity contribution is -0.143. The molecule has 0 bridgehead atoms. The zero-order chi connectivity index (χ0) is 12.3. The highest BCUT2D eigenvalue weighted by molar-refractivity contribution is 5.85. The summed E-state index contributed by atoms with van der Waals surface area (Å²) in [4.78, 5) is 23.9. The maximum absolute atomic E-state index is 11.6. The van der Waals surface area contributed by atoms with Crippen molar-refractivity contribution in [2.45, 2.75) is 39.2 Å². The van der Waals surface area contributed by atoms with Crippen LogP contribution in [0, 0.1) is 5.92 Å². The average molecular weight is 266 g/mol. The van der Waals surface area contributed by atoms with Gasteiger partial charge in [-0.25, -0.2) is 4.79 Å². The Morgan fingerprint density at radius 2 is 1.71 bits per heavy atom. The molecule has 0 saturated carbocycles. The summed E-state index contributed by atoms with van der Waals surface area (Å²) in [6.45, 7) is 6.37. The van der Waals surface area contributed by atoms with E-state index in [1.165, 1.54) is 0 Å². The quantitative estimate of drug-likeness (QED) is 0.789. The molecule has 0 spiro atoms. The third-order valence-electron chi connectivity index (χ3n) is 2.50. The van der Waals surface area contributed by atoms with E-state index in [0.717, 1.165) is 0 Å². The Morgan fingerprint density at radius 3 is 2.06 bits per heavy atom. The van der Waals surface area contributed by atoms with Crippen molar-refractivity contribution in [2.75, 3.05) is 13.1 Å². The fraction of sp³-hybridized carbons (Fsp3) is 0.818. The second kappa shape index (κ2) is 6.10. The van der Waals surface area contributed by atoms with Crippen molar-refractivity contribution < 1.29 is 19.4 Å². The largest absolute Gasteiger partial charge is 0.481 e. The predicted octanol–water partition coefficient (Wildman–Crippen LogP) is 2.14. The summed E-state index contributed by atoms with van der Waals surface area (Å²) < 4.78 is 5.21. The molecule has 17 heavy (non-hydrogen) atoms. The number of hydrogen-bond acceptors (Lipinski definition) is 3. The van der Waals surface area contributed by atoms with Crippen molar-refractivity contribution >= 4 is 24.5 Å². The lowest BCUT2D eigenvalue weighted by atomic mass is 9.97. The Bertz CT molecular complexity index is 280. The number of aliphatic carboxylic acids is 1. The molecule has 0 aromatic rings. The van der Waals surface area contributed by atoms with Crippen LogP contribution in [0.5, 0.6) is 0 Å². The minimum Gasteiger partial charge on any atom is -0.481 e. The van der Waals surface area contributed by atoms with Gasteiger partial charge < -0.3 is 14.7 Å². The zero-order valence-electron chi connectivity index (χ0n) is 10.4. The van der Waals surface area contributed by atoms with Crippen LogP contribution in [0.15, 0.2) is 0 Å². The van der Waals surface area contributed by atoms with Gasteiger partial charge in [0.05, 0.1) is 5.92 Å². The van der Waals surface area contributed by atoms with Crippen LogP contribution in [-0.2, 0) is 9.53 Å². The first kappa shape index (κ1) is 16.0. The van der Waals surface area contributed by atoms with Crippen LogP contribution in [0.2, 0.25) is 0 Å². The van der Waals surface area contributed by atoms with E-state index < -0.39 is 11.6 Å². The number of carboxylic acids is 1. The number of piperidine rings is 1. The Kier molecular flexibility index (Phi) is 5.75. The van der Waals surface area contributed by atoms with E-state index in [-0.39, 0.29) is 24.4 Å². The molecule has 100 valence electrons. The molecule has 1 aliphatic heterocycles. The molecule has 0 aromatic heterocycles. The molecule has 0 aromatic carbocycles. The van der Waals surface area contributed by atoms with Gasteiger partial charge in [-0.1, -0.05) is 0 Å². The van der Waals surface area contributed by atoms with Gasteiger partial charge in [0.1, 0.15) is 5.60 Å². The van der Waals surface area contributed by atoms with Gasteiger partial charge in [-0.15, -0.1) is 12.4 Å². The number of rotatable bonds is 1. The summed E-state index contributed by atoms with van der Waals surface area (Å²) in [5.41, 5.74) is -0.499. The van der Waals surface area contributed by atoms with E-state index in [1.54, 1.807) is 4.90 Å². The summed E-state index contributed by atoms with van der Waals surface area (Å²) >= 11 is 0. The van der Waals surface area contributed by atoms with Gasteiger partial charge in [0.25, 0.3) is 0 Å². The summed E-state index contributed by atoms with van der Waals surface area (Å²) in [7, 11) is 0. The number of hydrogen-bond donors (Lipinski definition) is 1. The zero-order valence-corrected chi connectivity index (χ0v) is 11.2. The number of halogens is 1. The third kappa shape index (κ3) is 5.26. The van der Waals surface area contributed by atoms with Gasteiger partial charge in [-0.05, 0) is 33.6 Å². The molecule has 0 atom stereocenters. The molecule has 0 unspecified atom stereocenters. The maximum Gasteiger partial charge on any atom is 0.410 e. The van der Waals surface area contributed by atoms with Gasteiger partial charge in [-0.2, -0.15) is 0 Å². The van der Waals surface area contributed by atoms with Crippen LogP contribution in [-0.4, -0.2) is 40.8 Å². The van der Waals surface area contributed by atoms with Crippen LogP contribution in [0.1, 0.15) is 33.6 Å². The molecule has 6 heteroatoms. The minimum absolute atomic E-state index is 0. The second-order valence-corrected chi connectivity index (χ2v) is 5.08. The topological polar surface area (TPSA) is 66.8 Å². The molecule has 0 radical (unpaired) electrons. The number of carbonyl (C=O) groups excluding carboxylic acids is 1. The van der Waals surface area contributed by atoms with Gasteiger partial charge in [0, 0.05) is 13.1 Å². The van der Waals surface area contributed by atoms with Crippen LogP contribution < -0.4 is 0 Å². The highest BCUT2D eigenvalue weighted by Crippen LogP contribution is 2.19. The number of likely N-dealkylation sites (tertiary alicyclic amines) is 1. The fourth-order valence-electron chi connectivity index (χ4n) is 1.64. The normalized spacial score (nSPS) is 17.2. The van der Waals surface area contributed by atoms with Crippen molar-refractivity contribution in [2.24, 2.45) is 5.92 Å². The maximum atomic E-state index is 11.6. The highest BCUT2D eigenvalue weighted by Gasteiger charge is 2.29. The van der Waals surface area contributed by atoms with Gasteiger partial charge >= 0.3 is 12.1 Å². The molecule has 0 aliphatic carbocycles. The molecular weight excluding hydrogens is 246 g/mol. The summed E-state index contributed by atoms with van der Waals surface area (Å²) in [6.07, 6.45) is 0.666. The van der Waals surface area contributed by atoms with Gasteiger partial charge in [0.2, 0.25) is 0 Å². The molecule has 1 rings (SSSR count). The Balaban J connectivity index is 0.00000256. The SMILES string of the molecule is CC(C)(C)OC(=O)N1CCC(C(=O)O)CC1.Cl. The van der Waals surface area contributed by atoms with E-state index in [4.69, 9.17) is 9.84 Å². The molecule has 1 amide bonds. The van der Waals surface area contributed by atoms with E-state index >= 15 is 0 Å². The molecule has 5 nitrogen and oxygen atoms in total. The number of carboxylic acid groups (broad SMARTS) is 1. The minimum atomic E-state index is -0.774. The average Bonchev–Trinajstić information content (AvgIpc) is 2.15. The first-order valence-electron chi connectivity index (χ1n) is 5.50. The monoisotopic (exact) mass is 265 g/mol. The third-order valence-corrected chi connectivity index (χ3v) is 2.50. The van der Waals surface area contributed by atoms with Crippen LogP contribution in [0.25, 0.3) is 0 Å². The van der Waals surface area contributed by atoms with Crippen LogP contribution in [0.3, 0.4) is 0 Å². The number of nitrogens with zero attached hydrogens (tertiary/aromatic N) is 1. The standard InChI is InChI=1S/C11H19NO4.ClH/c1-11(2,3)16-10(15)12-6-4-8(5-7-12)9(13)14;/h8H,4-7H2,1-3H3,(H,13,14);1H. The first-order chi connectivity index (χ1) is 7.29. The lowest BCUT2D eigenvalue weighted by Crippen LogP contribution is -2.42. The van der Waals surface area contributed by atoms with Crippen molar-refractivity contribution in [3.05, 3.63) is 0 Å². The van der Waals surface area contributed by atoms with Crippen molar-refractivity contribution in [3.63, 3.8) is 0 Å². The summed E-state index contributed by atoms with van der Waals surface area (Å²) in [5.74, 6) is -1.09. The Hall–Kier alpha value is -0.970. The second-order valence-electron chi connectivity index (χ2n) is 5.08. The molecule has 1 aliphatic rings. The number of carbonyl (C=O) groups is 2. The number of amides is 1. The molecule has 1 heterocycles. The summed E-state index contributed by atoms with van der Waals surface area (Å²) in [5, 5.41) is 8.81. The van der Waals surface area contributed by atoms with E-state index in [0.29, 0.717) is 25.9 Å². The van der Waals surface area contributed by atoms with Gasteiger partial charge in [-0.3, -0.25) is 4.79 Å². The van der Waals surface area contributed by atoms with Crippen molar-refractivity contribution in [3.8, 4) is 0 Å². The Labute approximate surface area is 108 Å². The van der Waals surface area contributed by atoms with Crippen LogP contribution in [0.4, 0.5) is 4.79 Å². The van der Waals surface area contributed by atoms with E-state index in [2.05, 4.69) is 0 Å². The Morgan fingerprint density at radius 1 is 1.24 bits per heavy atom.